The van der Waals surface area contributed by atoms with Crippen LogP contribution < -0.4 is 10.6 Å². The van der Waals surface area contributed by atoms with Crippen LogP contribution in [0.15, 0.2) is 64.8 Å². The molecular formula is C23H23N3O2S3. The lowest BCUT2D eigenvalue weighted by molar-refractivity contribution is -0.122. The van der Waals surface area contributed by atoms with Gasteiger partial charge in [-0.1, -0.05) is 24.3 Å². The summed E-state index contributed by atoms with van der Waals surface area (Å²) < 4.78 is 0. The fraction of sp³-hybridized carbons (Fsp3) is 0.217. The number of rotatable bonds is 10. The lowest BCUT2D eigenvalue weighted by Crippen LogP contribution is -2.48. The zero-order chi connectivity index (χ0) is 21.5. The van der Waals surface area contributed by atoms with E-state index >= 15 is 0 Å². The van der Waals surface area contributed by atoms with Crippen molar-refractivity contribution in [2.24, 2.45) is 0 Å². The lowest BCUT2D eigenvalue weighted by Gasteiger charge is -2.18. The van der Waals surface area contributed by atoms with Crippen molar-refractivity contribution in [3.05, 3.63) is 80.8 Å². The normalized spacial score (nSPS) is 12.0. The van der Waals surface area contributed by atoms with Crippen molar-refractivity contribution < 1.29 is 9.59 Å². The van der Waals surface area contributed by atoms with Gasteiger partial charge in [0, 0.05) is 41.6 Å². The molecular weight excluding hydrogens is 446 g/mol. The van der Waals surface area contributed by atoms with E-state index < -0.39 is 6.04 Å². The summed E-state index contributed by atoms with van der Waals surface area (Å²) in [5.41, 5.74) is 3.34. The van der Waals surface area contributed by atoms with Crippen molar-refractivity contribution in [3.63, 3.8) is 0 Å². The van der Waals surface area contributed by atoms with Gasteiger partial charge in [-0.3, -0.25) is 9.59 Å². The summed E-state index contributed by atoms with van der Waals surface area (Å²) in [5, 5.41) is 13.1. The number of H-pyrrole nitrogens is 1. The van der Waals surface area contributed by atoms with Crippen molar-refractivity contribution in [1.29, 1.82) is 0 Å². The number of fused-ring (bicyclic) bond motifs is 1. The minimum Gasteiger partial charge on any atom is -0.361 e. The number of aromatic amines is 1. The molecule has 1 atom stereocenters. The Balaban J connectivity index is 1.38. The van der Waals surface area contributed by atoms with Gasteiger partial charge in [0.15, 0.2) is 0 Å². The Morgan fingerprint density at radius 1 is 1.10 bits per heavy atom. The second-order valence-corrected chi connectivity index (χ2v) is 9.88. The average molecular weight is 470 g/mol. The van der Waals surface area contributed by atoms with E-state index in [4.69, 9.17) is 0 Å². The number of aromatic nitrogens is 1. The topological polar surface area (TPSA) is 74.0 Å². The number of amides is 2. The van der Waals surface area contributed by atoms with Crippen LogP contribution in [-0.2, 0) is 17.0 Å². The van der Waals surface area contributed by atoms with Crippen molar-refractivity contribution in [2.75, 3.05) is 12.3 Å². The Bertz CT molecular complexity index is 1120. The van der Waals surface area contributed by atoms with Crippen LogP contribution in [0.25, 0.3) is 10.9 Å². The number of nitrogens with one attached hydrogen (secondary N) is 3. The van der Waals surface area contributed by atoms with Crippen LogP contribution in [0.5, 0.6) is 0 Å². The van der Waals surface area contributed by atoms with Crippen molar-refractivity contribution in [3.8, 4) is 0 Å². The number of thioether (sulfide) groups is 1. The summed E-state index contributed by atoms with van der Waals surface area (Å²) in [7, 11) is 0. The third kappa shape index (κ3) is 5.78. The molecule has 31 heavy (non-hydrogen) atoms. The SMILES string of the molecule is O=C(N[C@@H](Cc1c[nH]c2ccccc12)C(=O)NCCSCc1ccsc1)c1cccs1. The van der Waals surface area contributed by atoms with Gasteiger partial charge in [-0.15, -0.1) is 11.3 Å². The van der Waals surface area contributed by atoms with Crippen molar-refractivity contribution in [2.45, 2.75) is 18.2 Å². The van der Waals surface area contributed by atoms with Crippen LogP contribution in [0.4, 0.5) is 0 Å². The van der Waals surface area contributed by atoms with Crippen molar-refractivity contribution in [1.82, 2.24) is 15.6 Å². The molecule has 0 saturated heterocycles. The number of para-hydroxylation sites is 1. The molecule has 0 radical (unpaired) electrons. The summed E-state index contributed by atoms with van der Waals surface area (Å²) >= 11 is 4.85. The second-order valence-electron chi connectivity index (χ2n) is 7.04. The Labute approximate surface area is 193 Å². The summed E-state index contributed by atoms with van der Waals surface area (Å²) in [5.74, 6) is 1.38. The first kappa shape index (κ1) is 21.7. The molecule has 0 aliphatic rings. The van der Waals surface area contributed by atoms with Crippen LogP contribution in [0.1, 0.15) is 20.8 Å². The summed E-state index contributed by atoms with van der Waals surface area (Å²) in [6, 6.07) is 13.0. The molecule has 1 aromatic carbocycles. The fourth-order valence-electron chi connectivity index (χ4n) is 3.30. The molecule has 8 heteroatoms. The molecule has 3 N–H and O–H groups in total. The number of benzene rings is 1. The smallest absolute Gasteiger partial charge is 0.262 e. The Morgan fingerprint density at radius 3 is 2.81 bits per heavy atom. The van der Waals surface area contributed by atoms with Crippen LogP contribution in [0, 0.1) is 0 Å². The molecule has 0 unspecified atom stereocenters. The quantitative estimate of drug-likeness (QED) is 0.295. The van der Waals surface area contributed by atoms with Crippen LogP contribution in [0.3, 0.4) is 0 Å². The highest BCUT2D eigenvalue weighted by Gasteiger charge is 2.23. The van der Waals surface area contributed by atoms with Gasteiger partial charge in [0.25, 0.3) is 5.91 Å². The lowest BCUT2D eigenvalue weighted by atomic mass is 10.0. The second kappa shape index (κ2) is 10.7. The van der Waals surface area contributed by atoms with Gasteiger partial charge >= 0.3 is 0 Å². The predicted molar refractivity (Wildman–Crippen MR) is 131 cm³/mol. The van der Waals surface area contributed by atoms with E-state index in [1.807, 2.05) is 41.9 Å². The van der Waals surface area contributed by atoms with Gasteiger partial charge in [0.05, 0.1) is 4.88 Å². The van der Waals surface area contributed by atoms with E-state index in [1.165, 1.54) is 16.9 Å². The zero-order valence-electron chi connectivity index (χ0n) is 16.8. The van der Waals surface area contributed by atoms with E-state index in [0.717, 1.165) is 28.0 Å². The zero-order valence-corrected chi connectivity index (χ0v) is 19.2. The standard InChI is InChI=1S/C23H23N3O2S3/c27-22(24-8-11-30-15-16-7-10-29-14-16)20(26-23(28)21-6-3-9-31-21)12-17-13-25-19-5-2-1-4-18(17)19/h1-7,9-10,13-14,20,25H,8,11-12,15H2,(H,24,27)(H,26,28)/t20-/m0/s1. The number of thiophene rings is 2. The molecule has 0 spiro atoms. The molecule has 0 bridgehead atoms. The van der Waals surface area contributed by atoms with Gasteiger partial charge in [-0.25, -0.2) is 0 Å². The fourth-order valence-corrected chi connectivity index (χ4v) is 5.51. The molecule has 5 nitrogen and oxygen atoms in total. The van der Waals surface area contributed by atoms with E-state index in [1.54, 1.807) is 29.2 Å². The number of carbonyl (C=O) groups excluding carboxylic acids is 2. The summed E-state index contributed by atoms with van der Waals surface area (Å²) in [6.45, 7) is 0.562. The van der Waals surface area contributed by atoms with E-state index in [2.05, 4.69) is 32.4 Å². The van der Waals surface area contributed by atoms with Crippen molar-refractivity contribution >= 4 is 57.2 Å². The minimum atomic E-state index is -0.643. The molecule has 3 heterocycles. The highest BCUT2D eigenvalue weighted by atomic mass is 32.2. The van der Waals surface area contributed by atoms with Gasteiger partial charge in [-0.2, -0.15) is 23.1 Å². The first-order chi connectivity index (χ1) is 15.2. The van der Waals surface area contributed by atoms with Crippen LogP contribution >= 0.6 is 34.4 Å². The van der Waals surface area contributed by atoms with Gasteiger partial charge in [0.1, 0.15) is 6.04 Å². The molecule has 4 rings (SSSR count). The number of carbonyl (C=O) groups is 2. The van der Waals surface area contributed by atoms with Crippen LogP contribution in [0.2, 0.25) is 0 Å². The maximum Gasteiger partial charge on any atom is 0.262 e. The highest BCUT2D eigenvalue weighted by molar-refractivity contribution is 7.98. The number of hydrogen-bond donors (Lipinski definition) is 3. The first-order valence-corrected chi connectivity index (χ1v) is 12.9. The predicted octanol–water partition coefficient (Wildman–Crippen LogP) is 4.68. The maximum absolute atomic E-state index is 13.0. The summed E-state index contributed by atoms with van der Waals surface area (Å²) in [4.78, 5) is 29.4. The molecule has 3 aromatic heterocycles. The molecule has 160 valence electrons. The first-order valence-electron chi connectivity index (χ1n) is 9.96. The minimum absolute atomic E-state index is 0.161. The third-order valence-corrected chi connectivity index (χ3v) is 7.49. The largest absolute Gasteiger partial charge is 0.361 e. The molecule has 0 saturated carbocycles. The van der Waals surface area contributed by atoms with E-state index in [0.29, 0.717) is 17.8 Å². The van der Waals surface area contributed by atoms with E-state index in [9.17, 15) is 9.59 Å². The van der Waals surface area contributed by atoms with E-state index in [-0.39, 0.29) is 11.8 Å². The van der Waals surface area contributed by atoms with Gasteiger partial charge in [0.2, 0.25) is 5.91 Å². The number of hydrogen-bond acceptors (Lipinski definition) is 5. The van der Waals surface area contributed by atoms with Crippen LogP contribution in [-0.4, -0.2) is 35.1 Å². The molecule has 0 aliphatic carbocycles. The Morgan fingerprint density at radius 2 is 2.00 bits per heavy atom. The Kier molecular flexibility index (Phi) is 7.45. The molecule has 4 aromatic rings. The Hall–Kier alpha value is -2.55. The summed E-state index contributed by atoms with van der Waals surface area (Å²) in [6.07, 6.45) is 2.34. The molecule has 2 amide bonds. The van der Waals surface area contributed by atoms with Gasteiger partial charge < -0.3 is 15.6 Å². The maximum atomic E-state index is 13.0. The average Bonchev–Trinajstić information content (AvgIpc) is 3.55. The third-order valence-electron chi connectivity index (χ3n) is 4.86. The highest BCUT2D eigenvalue weighted by Crippen LogP contribution is 2.20. The van der Waals surface area contributed by atoms with Gasteiger partial charge in [-0.05, 0) is 45.5 Å². The monoisotopic (exact) mass is 469 g/mol. The molecule has 0 aliphatic heterocycles. The molecule has 0 fully saturated rings.